The van der Waals surface area contributed by atoms with E-state index in [2.05, 4.69) is 10.6 Å². The molecule has 5 heteroatoms. The van der Waals surface area contributed by atoms with E-state index in [1.165, 1.54) is 0 Å². The van der Waals surface area contributed by atoms with Gasteiger partial charge in [0, 0.05) is 0 Å². The first-order chi connectivity index (χ1) is 14.1. The summed E-state index contributed by atoms with van der Waals surface area (Å²) in [6.07, 6.45) is 0.779. The summed E-state index contributed by atoms with van der Waals surface area (Å²) in [5.74, 6) is -0.155. The molecule has 3 aromatic carbocycles. The van der Waals surface area contributed by atoms with Crippen molar-refractivity contribution < 1.29 is 9.59 Å². The molecule has 0 aliphatic rings. The highest BCUT2D eigenvalue weighted by molar-refractivity contribution is 5.79. The van der Waals surface area contributed by atoms with Gasteiger partial charge >= 0.3 is 6.03 Å². The summed E-state index contributed by atoms with van der Waals surface area (Å²) in [6, 6.07) is 28.0. The minimum atomic E-state index is -0.657. The molecule has 0 aromatic heterocycles. The maximum absolute atomic E-state index is 12.9. The Hall–Kier alpha value is -3.60. The first-order valence-corrected chi connectivity index (χ1v) is 9.61. The molecule has 0 unspecified atom stereocenters. The van der Waals surface area contributed by atoms with Crippen molar-refractivity contribution >= 4 is 11.9 Å². The van der Waals surface area contributed by atoms with Gasteiger partial charge in [0.1, 0.15) is 0 Å². The van der Waals surface area contributed by atoms with Gasteiger partial charge in [0.15, 0.2) is 0 Å². The minimum absolute atomic E-state index is 0.102. The summed E-state index contributed by atoms with van der Waals surface area (Å²) >= 11 is 0. The Bertz CT molecular complexity index is 915. The van der Waals surface area contributed by atoms with E-state index in [-0.39, 0.29) is 18.4 Å². The van der Waals surface area contributed by atoms with Crippen molar-refractivity contribution in [3.8, 4) is 0 Å². The fourth-order valence-corrected chi connectivity index (χ4v) is 3.34. The number of urea groups is 1. The van der Waals surface area contributed by atoms with Gasteiger partial charge < -0.3 is 16.4 Å². The summed E-state index contributed by atoms with van der Waals surface area (Å²) in [5, 5.41) is 5.79. The van der Waals surface area contributed by atoms with E-state index in [0.717, 1.165) is 16.7 Å². The van der Waals surface area contributed by atoms with Gasteiger partial charge in [0.2, 0.25) is 5.91 Å². The zero-order valence-corrected chi connectivity index (χ0v) is 16.1. The molecule has 29 heavy (non-hydrogen) atoms. The lowest BCUT2D eigenvalue weighted by Gasteiger charge is -2.22. The third-order valence-electron chi connectivity index (χ3n) is 4.73. The highest BCUT2D eigenvalue weighted by atomic mass is 16.2. The van der Waals surface area contributed by atoms with Gasteiger partial charge in [0.05, 0.1) is 18.5 Å². The molecule has 0 fully saturated rings. The quantitative estimate of drug-likeness (QED) is 0.548. The summed E-state index contributed by atoms with van der Waals surface area (Å²) in [7, 11) is 0. The lowest BCUT2D eigenvalue weighted by Crippen LogP contribution is -2.38. The Morgan fingerprint density at radius 2 is 1.17 bits per heavy atom. The molecule has 3 rings (SSSR count). The SMILES string of the molecule is NC(=O)N[C@@H](CC(=O)N[C@@H](Cc1ccccc1)c1ccccc1)c1ccccc1. The largest absolute Gasteiger partial charge is 0.352 e. The van der Waals surface area contributed by atoms with Crippen LogP contribution in [0.25, 0.3) is 0 Å². The van der Waals surface area contributed by atoms with Crippen LogP contribution in [0.15, 0.2) is 91.0 Å². The fraction of sp³-hybridized carbons (Fsp3) is 0.167. The molecule has 0 saturated carbocycles. The van der Waals surface area contributed by atoms with Crippen LogP contribution >= 0.6 is 0 Å². The first kappa shape index (κ1) is 20.1. The summed E-state index contributed by atoms with van der Waals surface area (Å²) in [5.41, 5.74) is 8.32. The fourth-order valence-electron chi connectivity index (χ4n) is 3.34. The van der Waals surface area contributed by atoms with Crippen molar-refractivity contribution in [2.24, 2.45) is 5.73 Å². The molecular formula is C24H25N3O2. The normalized spacial score (nSPS) is 12.6. The van der Waals surface area contributed by atoms with Crippen molar-refractivity contribution in [2.75, 3.05) is 0 Å². The molecule has 4 N–H and O–H groups in total. The van der Waals surface area contributed by atoms with E-state index in [1.54, 1.807) is 0 Å². The number of primary amides is 1. The van der Waals surface area contributed by atoms with Crippen molar-refractivity contribution in [3.05, 3.63) is 108 Å². The molecule has 0 heterocycles. The number of nitrogens with two attached hydrogens (primary N) is 1. The maximum Gasteiger partial charge on any atom is 0.312 e. The molecule has 2 atom stereocenters. The highest BCUT2D eigenvalue weighted by Gasteiger charge is 2.20. The van der Waals surface area contributed by atoms with E-state index in [4.69, 9.17) is 5.73 Å². The lowest BCUT2D eigenvalue weighted by atomic mass is 9.98. The van der Waals surface area contributed by atoms with Gasteiger partial charge in [0.25, 0.3) is 0 Å². The summed E-state index contributed by atoms with van der Waals surface area (Å²) < 4.78 is 0. The van der Waals surface area contributed by atoms with Gasteiger partial charge in [-0.3, -0.25) is 4.79 Å². The molecule has 5 nitrogen and oxygen atoms in total. The Balaban J connectivity index is 1.75. The third kappa shape index (κ3) is 6.21. The molecule has 0 spiro atoms. The Kier molecular flexibility index (Phi) is 7.00. The number of hydrogen-bond donors (Lipinski definition) is 3. The topological polar surface area (TPSA) is 84.2 Å². The lowest BCUT2D eigenvalue weighted by molar-refractivity contribution is -0.122. The number of hydrogen-bond acceptors (Lipinski definition) is 2. The van der Waals surface area contributed by atoms with Crippen LogP contribution in [0.1, 0.15) is 35.2 Å². The van der Waals surface area contributed by atoms with E-state index in [0.29, 0.717) is 6.42 Å². The van der Waals surface area contributed by atoms with Crippen LogP contribution in [0.2, 0.25) is 0 Å². The van der Waals surface area contributed by atoms with Crippen LogP contribution < -0.4 is 16.4 Å². The third-order valence-corrected chi connectivity index (χ3v) is 4.73. The molecule has 3 amide bonds. The van der Waals surface area contributed by atoms with E-state index in [9.17, 15) is 9.59 Å². The standard InChI is InChI=1S/C24H25N3O2/c25-24(29)27-22(20-14-8-3-9-15-20)17-23(28)26-21(19-12-6-2-7-13-19)16-18-10-4-1-5-11-18/h1-15,21-22H,16-17H2,(H,26,28)(H3,25,27,29)/t21-,22-/m0/s1. The maximum atomic E-state index is 12.9. The Morgan fingerprint density at radius 1 is 0.690 bits per heavy atom. The molecule has 3 aromatic rings. The molecule has 0 aliphatic heterocycles. The number of benzene rings is 3. The van der Waals surface area contributed by atoms with E-state index >= 15 is 0 Å². The number of carbonyl (C=O) groups is 2. The van der Waals surface area contributed by atoms with Crippen LogP contribution in [-0.4, -0.2) is 11.9 Å². The van der Waals surface area contributed by atoms with E-state index < -0.39 is 12.1 Å². The smallest absolute Gasteiger partial charge is 0.312 e. The van der Waals surface area contributed by atoms with Crippen LogP contribution in [-0.2, 0) is 11.2 Å². The number of nitrogens with one attached hydrogen (secondary N) is 2. The second-order valence-corrected chi connectivity index (χ2v) is 6.90. The molecule has 148 valence electrons. The summed E-state index contributed by atoms with van der Waals surface area (Å²) in [6.45, 7) is 0. The zero-order chi connectivity index (χ0) is 20.5. The second kappa shape index (κ2) is 10.1. The monoisotopic (exact) mass is 387 g/mol. The average Bonchev–Trinajstić information content (AvgIpc) is 2.74. The van der Waals surface area contributed by atoms with Gasteiger partial charge in [-0.1, -0.05) is 91.0 Å². The Morgan fingerprint density at radius 3 is 1.69 bits per heavy atom. The highest BCUT2D eigenvalue weighted by Crippen LogP contribution is 2.21. The Labute approximate surface area is 170 Å². The molecule has 0 radical (unpaired) electrons. The average molecular weight is 387 g/mol. The zero-order valence-electron chi connectivity index (χ0n) is 16.1. The molecule has 0 saturated heterocycles. The number of rotatable bonds is 8. The van der Waals surface area contributed by atoms with Gasteiger partial charge in [-0.05, 0) is 23.1 Å². The van der Waals surface area contributed by atoms with Crippen LogP contribution in [0.3, 0.4) is 0 Å². The van der Waals surface area contributed by atoms with Gasteiger partial charge in [-0.2, -0.15) is 0 Å². The second-order valence-electron chi connectivity index (χ2n) is 6.90. The van der Waals surface area contributed by atoms with E-state index in [1.807, 2.05) is 91.0 Å². The first-order valence-electron chi connectivity index (χ1n) is 9.61. The molecule has 0 aliphatic carbocycles. The van der Waals surface area contributed by atoms with Crippen LogP contribution in [0.4, 0.5) is 4.79 Å². The van der Waals surface area contributed by atoms with Crippen LogP contribution in [0.5, 0.6) is 0 Å². The van der Waals surface area contributed by atoms with Gasteiger partial charge in [-0.15, -0.1) is 0 Å². The summed E-state index contributed by atoms with van der Waals surface area (Å²) in [4.78, 5) is 24.3. The number of carbonyl (C=O) groups excluding carboxylic acids is 2. The van der Waals surface area contributed by atoms with Crippen molar-refractivity contribution in [2.45, 2.75) is 24.9 Å². The van der Waals surface area contributed by atoms with Gasteiger partial charge in [-0.25, -0.2) is 4.79 Å². The minimum Gasteiger partial charge on any atom is -0.352 e. The predicted octanol–water partition coefficient (Wildman–Crippen LogP) is 3.89. The van der Waals surface area contributed by atoms with Crippen molar-refractivity contribution in [3.63, 3.8) is 0 Å². The molecular weight excluding hydrogens is 362 g/mol. The molecule has 0 bridgehead atoms. The van der Waals surface area contributed by atoms with Crippen molar-refractivity contribution in [1.29, 1.82) is 0 Å². The van der Waals surface area contributed by atoms with Crippen molar-refractivity contribution in [1.82, 2.24) is 10.6 Å². The predicted molar refractivity (Wildman–Crippen MR) is 114 cm³/mol. The van der Waals surface area contributed by atoms with Crippen LogP contribution in [0, 0.1) is 0 Å². The number of amides is 3.